The predicted octanol–water partition coefficient (Wildman–Crippen LogP) is 2.07. The van der Waals surface area contributed by atoms with Gasteiger partial charge in [-0.3, -0.25) is 14.5 Å². The Morgan fingerprint density at radius 2 is 1.96 bits per heavy atom. The van der Waals surface area contributed by atoms with Gasteiger partial charge in [-0.25, -0.2) is 0 Å². The number of amides is 2. The number of hydrogen-bond donors (Lipinski definition) is 0. The molecule has 1 saturated heterocycles. The van der Waals surface area contributed by atoms with Crippen LogP contribution in [0.5, 0.6) is 0 Å². The second kappa shape index (κ2) is 8.29. The minimum atomic E-state index is -0.346. The molecule has 5 nitrogen and oxygen atoms in total. The molecule has 132 valence electrons. The zero-order valence-electron chi connectivity index (χ0n) is 15.3. The summed E-state index contributed by atoms with van der Waals surface area (Å²) in [6.45, 7) is 6.38. The van der Waals surface area contributed by atoms with E-state index >= 15 is 0 Å². The van der Waals surface area contributed by atoms with Crippen LogP contribution in [-0.4, -0.2) is 66.8 Å². The first kappa shape index (κ1) is 18.5. The third-order valence-corrected chi connectivity index (χ3v) is 4.65. The summed E-state index contributed by atoms with van der Waals surface area (Å²) in [4.78, 5) is 30.9. The molecule has 0 N–H and O–H groups in total. The van der Waals surface area contributed by atoms with Gasteiger partial charge in [-0.1, -0.05) is 37.6 Å². The van der Waals surface area contributed by atoms with Gasteiger partial charge >= 0.3 is 0 Å². The average molecular weight is 331 g/mol. The fourth-order valence-electron chi connectivity index (χ4n) is 3.18. The Hall–Kier alpha value is -1.88. The van der Waals surface area contributed by atoms with E-state index in [0.29, 0.717) is 13.1 Å². The number of nitrogens with zero attached hydrogens (tertiary/aromatic N) is 3. The molecule has 5 heteroatoms. The summed E-state index contributed by atoms with van der Waals surface area (Å²) < 4.78 is 0. The quantitative estimate of drug-likeness (QED) is 0.801. The average Bonchev–Trinajstić information content (AvgIpc) is 2.55. The van der Waals surface area contributed by atoms with Crippen LogP contribution in [0.3, 0.4) is 0 Å². The van der Waals surface area contributed by atoms with Crippen LogP contribution < -0.4 is 0 Å². The van der Waals surface area contributed by atoms with Crippen LogP contribution in [-0.2, 0) is 9.59 Å². The highest BCUT2D eigenvalue weighted by molar-refractivity contribution is 5.89. The molecule has 0 aliphatic carbocycles. The molecule has 0 spiro atoms. The molecular formula is C19H29N3O2. The van der Waals surface area contributed by atoms with Crippen molar-refractivity contribution in [1.82, 2.24) is 14.7 Å². The summed E-state index contributed by atoms with van der Waals surface area (Å²) in [6, 6.07) is 7.61. The second-order valence-corrected chi connectivity index (χ2v) is 6.72. The van der Waals surface area contributed by atoms with Gasteiger partial charge in [-0.15, -0.1) is 0 Å². The first-order valence-electron chi connectivity index (χ1n) is 8.74. The van der Waals surface area contributed by atoms with Crippen molar-refractivity contribution in [2.45, 2.75) is 32.7 Å². The lowest BCUT2D eigenvalue weighted by molar-refractivity contribution is -0.148. The van der Waals surface area contributed by atoms with E-state index in [-0.39, 0.29) is 24.4 Å². The van der Waals surface area contributed by atoms with Gasteiger partial charge in [0.2, 0.25) is 11.8 Å². The van der Waals surface area contributed by atoms with E-state index in [1.165, 1.54) is 0 Å². The molecule has 0 radical (unpaired) electrons. The molecule has 2 amide bonds. The number of carbonyl (C=O) groups excluding carboxylic acids is 2. The number of benzene rings is 1. The predicted molar refractivity (Wildman–Crippen MR) is 95.7 cm³/mol. The smallest absolute Gasteiger partial charge is 0.245 e. The minimum Gasteiger partial charge on any atom is -0.339 e. The van der Waals surface area contributed by atoms with E-state index in [9.17, 15) is 9.59 Å². The zero-order chi connectivity index (χ0) is 17.7. The van der Waals surface area contributed by atoms with E-state index in [1.807, 2.05) is 55.1 Å². The molecule has 0 saturated carbocycles. The molecule has 1 heterocycles. The van der Waals surface area contributed by atoms with Crippen LogP contribution in [0.4, 0.5) is 0 Å². The lowest BCUT2D eigenvalue weighted by Crippen LogP contribution is -2.54. The van der Waals surface area contributed by atoms with Gasteiger partial charge in [0.05, 0.1) is 6.54 Å². The van der Waals surface area contributed by atoms with E-state index in [1.54, 1.807) is 4.90 Å². The van der Waals surface area contributed by atoms with Gasteiger partial charge in [0.15, 0.2) is 0 Å². The maximum absolute atomic E-state index is 13.1. The van der Waals surface area contributed by atoms with Crippen LogP contribution >= 0.6 is 0 Å². The topological polar surface area (TPSA) is 43.9 Å². The van der Waals surface area contributed by atoms with Crippen molar-refractivity contribution in [3.05, 3.63) is 35.4 Å². The van der Waals surface area contributed by atoms with Crippen molar-refractivity contribution in [1.29, 1.82) is 0 Å². The minimum absolute atomic E-state index is 0.0118. The maximum atomic E-state index is 13.1. The van der Waals surface area contributed by atoms with Gasteiger partial charge < -0.3 is 9.80 Å². The van der Waals surface area contributed by atoms with Gasteiger partial charge in [0.1, 0.15) is 6.04 Å². The SMILES string of the molecule is CCCCN1CCN(C(=O)[C@H](c2ccccc2C)N(C)C)CC1=O. The number of piperazine rings is 1. The summed E-state index contributed by atoms with van der Waals surface area (Å²) in [5.41, 5.74) is 2.10. The van der Waals surface area contributed by atoms with E-state index in [2.05, 4.69) is 6.92 Å². The number of carbonyl (C=O) groups is 2. The standard InChI is InChI=1S/C19H29N3O2/c1-5-6-11-21-12-13-22(14-17(21)23)19(24)18(20(3)4)16-10-8-7-9-15(16)2/h7-10,18H,5-6,11-14H2,1-4H3/t18-/m0/s1. The molecule has 0 aromatic heterocycles. The van der Waals surface area contributed by atoms with Crippen LogP contribution in [0.15, 0.2) is 24.3 Å². The van der Waals surface area contributed by atoms with Crippen molar-refractivity contribution < 1.29 is 9.59 Å². The van der Waals surface area contributed by atoms with E-state index in [4.69, 9.17) is 0 Å². The van der Waals surface area contributed by atoms with Crippen LogP contribution in [0.1, 0.15) is 36.9 Å². The van der Waals surface area contributed by atoms with Gasteiger partial charge in [-0.05, 0) is 38.6 Å². The zero-order valence-corrected chi connectivity index (χ0v) is 15.3. The Kier molecular flexibility index (Phi) is 6.37. The highest BCUT2D eigenvalue weighted by atomic mass is 16.2. The summed E-state index contributed by atoms with van der Waals surface area (Å²) in [5.74, 6) is 0.0723. The summed E-state index contributed by atoms with van der Waals surface area (Å²) in [6.07, 6.45) is 2.09. The number of aryl methyl sites for hydroxylation is 1. The van der Waals surface area contributed by atoms with Crippen LogP contribution in [0, 0.1) is 6.92 Å². The maximum Gasteiger partial charge on any atom is 0.245 e. The Balaban J connectivity index is 2.12. The second-order valence-electron chi connectivity index (χ2n) is 6.72. The normalized spacial score (nSPS) is 16.6. The first-order chi connectivity index (χ1) is 11.5. The van der Waals surface area contributed by atoms with Gasteiger partial charge in [-0.2, -0.15) is 0 Å². The summed E-state index contributed by atoms with van der Waals surface area (Å²) in [5, 5.41) is 0. The van der Waals surface area contributed by atoms with Crippen molar-refractivity contribution in [2.75, 3.05) is 40.3 Å². The van der Waals surface area contributed by atoms with Gasteiger partial charge in [0, 0.05) is 19.6 Å². The van der Waals surface area contributed by atoms with Crippen LogP contribution in [0.2, 0.25) is 0 Å². The largest absolute Gasteiger partial charge is 0.339 e. The number of unbranched alkanes of at least 4 members (excludes halogenated alkanes) is 1. The molecule has 24 heavy (non-hydrogen) atoms. The molecule has 1 fully saturated rings. The fraction of sp³-hybridized carbons (Fsp3) is 0.579. The Bertz CT molecular complexity index is 586. The molecule has 1 aliphatic rings. The molecule has 1 aliphatic heterocycles. The molecule has 0 bridgehead atoms. The number of rotatable bonds is 6. The molecule has 1 atom stereocenters. The lowest BCUT2D eigenvalue weighted by Gasteiger charge is -2.37. The third kappa shape index (κ3) is 4.15. The molecule has 2 rings (SSSR count). The molecular weight excluding hydrogens is 302 g/mol. The van der Waals surface area contributed by atoms with Crippen molar-refractivity contribution in [3.63, 3.8) is 0 Å². The third-order valence-electron chi connectivity index (χ3n) is 4.65. The molecule has 1 aromatic carbocycles. The van der Waals surface area contributed by atoms with E-state index < -0.39 is 0 Å². The molecule has 1 aromatic rings. The van der Waals surface area contributed by atoms with Gasteiger partial charge in [0.25, 0.3) is 0 Å². The summed E-state index contributed by atoms with van der Waals surface area (Å²) >= 11 is 0. The first-order valence-corrected chi connectivity index (χ1v) is 8.74. The monoisotopic (exact) mass is 331 g/mol. The molecule has 0 unspecified atom stereocenters. The highest BCUT2D eigenvalue weighted by Gasteiger charge is 2.33. The van der Waals surface area contributed by atoms with Crippen molar-refractivity contribution >= 4 is 11.8 Å². The van der Waals surface area contributed by atoms with Crippen LogP contribution in [0.25, 0.3) is 0 Å². The Morgan fingerprint density at radius 1 is 1.25 bits per heavy atom. The summed E-state index contributed by atoms with van der Waals surface area (Å²) in [7, 11) is 3.82. The fourth-order valence-corrected chi connectivity index (χ4v) is 3.18. The Labute approximate surface area is 145 Å². The lowest BCUT2D eigenvalue weighted by atomic mass is 9.99. The van der Waals surface area contributed by atoms with Crippen molar-refractivity contribution in [3.8, 4) is 0 Å². The van der Waals surface area contributed by atoms with Crippen molar-refractivity contribution in [2.24, 2.45) is 0 Å². The number of likely N-dealkylation sites (N-methyl/N-ethyl adjacent to an activating group) is 1. The highest BCUT2D eigenvalue weighted by Crippen LogP contribution is 2.24. The number of hydrogen-bond acceptors (Lipinski definition) is 3. The van der Waals surface area contributed by atoms with E-state index in [0.717, 1.165) is 30.5 Å². The Morgan fingerprint density at radius 3 is 2.54 bits per heavy atom.